The van der Waals surface area contributed by atoms with Gasteiger partial charge in [-0.15, -0.1) is 0 Å². The fourth-order valence-electron chi connectivity index (χ4n) is 1.74. The van der Waals surface area contributed by atoms with Crippen LogP contribution in [0.1, 0.15) is 25.0 Å². The fourth-order valence-corrected chi connectivity index (χ4v) is 1.74. The summed E-state index contributed by atoms with van der Waals surface area (Å²) in [6.07, 6.45) is 3.60. The summed E-state index contributed by atoms with van der Waals surface area (Å²) < 4.78 is 0. The molecule has 0 N–H and O–H groups in total. The predicted octanol–water partition coefficient (Wildman–Crippen LogP) is 4.63. The number of oxime groups is 1. The Morgan fingerprint density at radius 2 is 1.40 bits per heavy atom. The van der Waals surface area contributed by atoms with Crippen LogP contribution >= 0.6 is 0 Å². The first kappa shape index (κ1) is 14.1. The Balaban J connectivity index is 2.28. The Hall–Kier alpha value is -2.35. The predicted molar refractivity (Wildman–Crippen MR) is 83.6 cm³/mol. The molecule has 0 fully saturated rings. The molecule has 0 bridgehead atoms. The van der Waals surface area contributed by atoms with E-state index in [1.54, 1.807) is 6.26 Å². The van der Waals surface area contributed by atoms with Gasteiger partial charge in [0.1, 0.15) is 12.0 Å². The first-order valence-corrected chi connectivity index (χ1v) is 6.78. The van der Waals surface area contributed by atoms with Gasteiger partial charge in [-0.3, -0.25) is 0 Å². The Bertz CT molecular complexity index is 529. The first-order valence-electron chi connectivity index (χ1n) is 6.78. The van der Waals surface area contributed by atoms with Crippen LogP contribution in [-0.2, 0) is 4.84 Å². The van der Waals surface area contributed by atoms with E-state index in [1.807, 2.05) is 66.7 Å². The summed E-state index contributed by atoms with van der Waals surface area (Å²) in [7, 11) is 0. The summed E-state index contributed by atoms with van der Waals surface area (Å²) in [6, 6.07) is 20.1. The van der Waals surface area contributed by atoms with E-state index in [-0.39, 0.29) is 0 Å². The zero-order valence-electron chi connectivity index (χ0n) is 11.9. The standard InChI is InChI=1S/C18H19NO/c1-15(2)13-14-20-19-18(16-9-5-3-6-10-16)17-11-7-4-8-12-17/h3-15H,1-2H3/b14-13+. The molecule has 0 amide bonds. The zero-order chi connectivity index (χ0) is 14.2. The Morgan fingerprint density at radius 3 is 1.85 bits per heavy atom. The van der Waals surface area contributed by atoms with E-state index in [0.29, 0.717) is 5.92 Å². The average Bonchev–Trinajstić information content (AvgIpc) is 2.49. The second-order valence-electron chi connectivity index (χ2n) is 4.85. The van der Waals surface area contributed by atoms with Gasteiger partial charge in [-0.2, -0.15) is 0 Å². The summed E-state index contributed by atoms with van der Waals surface area (Å²) in [5.41, 5.74) is 2.91. The van der Waals surface area contributed by atoms with Crippen molar-refractivity contribution in [1.82, 2.24) is 0 Å². The van der Waals surface area contributed by atoms with Crippen LogP contribution in [0.4, 0.5) is 0 Å². The van der Waals surface area contributed by atoms with Crippen LogP contribution in [-0.4, -0.2) is 5.71 Å². The second kappa shape index (κ2) is 7.29. The number of benzene rings is 2. The van der Waals surface area contributed by atoms with E-state index in [2.05, 4.69) is 19.0 Å². The van der Waals surface area contributed by atoms with Crippen LogP contribution in [0.2, 0.25) is 0 Å². The van der Waals surface area contributed by atoms with Crippen LogP contribution in [0.3, 0.4) is 0 Å². The lowest BCUT2D eigenvalue weighted by Gasteiger charge is -2.06. The van der Waals surface area contributed by atoms with Crippen LogP contribution in [0, 0.1) is 5.92 Å². The molecule has 2 aromatic rings. The number of rotatable bonds is 5. The third-order valence-corrected chi connectivity index (χ3v) is 2.76. The molecule has 0 aromatic heterocycles. The average molecular weight is 265 g/mol. The van der Waals surface area contributed by atoms with Crippen molar-refractivity contribution < 1.29 is 4.84 Å². The van der Waals surface area contributed by atoms with E-state index in [4.69, 9.17) is 4.84 Å². The molecule has 0 saturated heterocycles. The fraction of sp³-hybridized carbons (Fsp3) is 0.167. The highest BCUT2D eigenvalue weighted by Crippen LogP contribution is 2.11. The molecule has 0 radical (unpaired) electrons. The Kier molecular flexibility index (Phi) is 5.13. The summed E-state index contributed by atoms with van der Waals surface area (Å²) >= 11 is 0. The van der Waals surface area contributed by atoms with Gasteiger partial charge in [-0.05, 0) is 12.0 Å². The second-order valence-corrected chi connectivity index (χ2v) is 4.85. The summed E-state index contributed by atoms with van der Waals surface area (Å²) in [6.45, 7) is 4.19. The maximum Gasteiger partial charge on any atom is 0.118 e. The van der Waals surface area contributed by atoms with Gasteiger partial charge in [0.2, 0.25) is 0 Å². The first-order chi connectivity index (χ1) is 9.77. The van der Waals surface area contributed by atoms with Crippen molar-refractivity contribution in [3.63, 3.8) is 0 Å². The summed E-state index contributed by atoms with van der Waals surface area (Å²) in [5, 5.41) is 4.27. The molecule has 2 heteroatoms. The highest BCUT2D eigenvalue weighted by molar-refractivity contribution is 6.12. The molecule has 2 nitrogen and oxygen atoms in total. The number of nitrogens with zero attached hydrogens (tertiary/aromatic N) is 1. The number of hydrogen-bond donors (Lipinski definition) is 0. The van der Waals surface area contributed by atoms with Crippen LogP contribution in [0.5, 0.6) is 0 Å². The largest absolute Gasteiger partial charge is 0.365 e. The quantitative estimate of drug-likeness (QED) is 0.439. The van der Waals surface area contributed by atoms with Gasteiger partial charge in [0.25, 0.3) is 0 Å². The molecule has 20 heavy (non-hydrogen) atoms. The van der Waals surface area contributed by atoms with E-state index < -0.39 is 0 Å². The molecule has 0 saturated carbocycles. The number of hydrogen-bond acceptors (Lipinski definition) is 2. The molecule has 0 aliphatic carbocycles. The molecule has 0 atom stereocenters. The monoisotopic (exact) mass is 265 g/mol. The van der Waals surface area contributed by atoms with Gasteiger partial charge >= 0.3 is 0 Å². The maximum absolute atomic E-state index is 5.32. The topological polar surface area (TPSA) is 21.6 Å². The third-order valence-electron chi connectivity index (χ3n) is 2.76. The molecule has 0 unspecified atom stereocenters. The van der Waals surface area contributed by atoms with E-state index in [9.17, 15) is 0 Å². The number of allylic oxidation sites excluding steroid dienone is 1. The molecule has 0 aliphatic heterocycles. The SMILES string of the molecule is CC(C)/C=C/ON=C(c1ccccc1)c1ccccc1. The van der Waals surface area contributed by atoms with E-state index >= 15 is 0 Å². The summed E-state index contributed by atoms with van der Waals surface area (Å²) in [5.74, 6) is 0.446. The van der Waals surface area contributed by atoms with Crippen molar-refractivity contribution in [1.29, 1.82) is 0 Å². The van der Waals surface area contributed by atoms with Crippen molar-refractivity contribution in [3.8, 4) is 0 Å². The van der Waals surface area contributed by atoms with Crippen molar-refractivity contribution >= 4 is 5.71 Å². The lowest BCUT2D eigenvalue weighted by molar-refractivity contribution is 0.266. The van der Waals surface area contributed by atoms with Crippen LogP contribution in [0.15, 0.2) is 78.2 Å². The minimum absolute atomic E-state index is 0.446. The van der Waals surface area contributed by atoms with E-state index in [1.165, 1.54) is 0 Å². The van der Waals surface area contributed by atoms with Crippen molar-refractivity contribution in [2.75, 3.05) is 0 Å². The molecule has 2 aromatic carbocycles. The molecule has 0 spiro atoms. The molecule has 102 valence electrons. The Labute approximate surface area is 120 Å². The molecule has 2 rings (SSSR count). The van der Waals surface area contributed by atoms with Gasteiger partial charge in [0.05, 0.1) is 0 Å². The highest BCUT2D eigenvalue weighted by atomic mass is 16.6. The lowest BCUT2D eigenvalue weighted by atomic mass is 10.0. The Morgan fingerprint density at radius 1 is 0.900 bits per heavy atom. The van der Waals surface area contributed by atoms with Gasteiger partial charge in [0, 0.05) is 11.1 Å². The normalized spacial score (nSPS) is 10.8. The molecule has 0 heterocycles. The van der Waals surface area contributed by atoms with Gasteiger partial charge < -0.3 is 4.84 Å². The highest BCUT2D eigenvalue weighted by Gasteiger charge is 2.06. The van der Waals surface area contributed by atoms with Crippen molar-refractivity contribution in [2.45, 2.75) is 13.8 Å². The van der Waals surface area contributed by atoms with Gasteiger partial charge in [-0.25, -0.2) is 0 Å². The summed E-state index contributed by atoms with van der Waals surface area (Å²) in [4.78, 5) is 5.32. The lowest BCUT2D eigenvalue weighted by Crippen LogP contribution is -2.03. The molecule has 0 aliphatic rings. The van der Waals surface area contributed by atoms with Crippen molar-refractivity contribution in [3.05, 3.63) is 84.1 Å². The maximum atomic E-state index is 5.32. The minimum atomic E-state index is 0.446. The minimum Gasteiger partial charge on any atom is -0.365 e. The van der Waals surface area contributed by atoms with E-state index in [0.717, 1.165) is 16.8 Å². The van der Waals surface area contributed by atoms with Gasteiger partial charge in [-0.1, -0.05) is 79.7 Å². The van der Waals surface area contributed by atoms with Gasteiger partial charge in [0.15, 0.2) is 0 Å². The van der Waals surface area contributed by atoms with Crippen LogP contribution in [0.25, 0.3) is 0 Å². The van der Waals surface area contributed by atoms with Crippen molar-refractivity contribution in [2.24, 2.45) is 11.1 Å². The molecular weight excluding hydrogens is 246 g/mol. The zero-order valence-corrected chi connectivity index (χ0v) is 11.9. The third kappa shape index (κ3) is 4.09. The van der Waals surface area contributed by atoms with Crippen LogP contribution < -0.4 is 0 Å². The molecular formula is C18H19NO. The smallest absolute Gasteiger partial charge is 0.118 e.